The standard InChI is InChI=1S/C28H44N2O7/c1-27(2,3)23(29-26(33)37-28(4,5)6)24(31)30-18-21(17-22(30)25(32)34-7)36-16-12-11-15-35-19-20-13-9-8-10-14-20/h8-10,13-14,21-23H,11-12,15-19H2,1-7H3,(H,29,33)/t21-,22+,23-/m1/s1. The van der Waals surface area contributed by atoms with E-state index in [9.17, 15) is 14.4 Å². The first-order chi connectivity index (χ1) is 17.3. The number of likely N-dealkylation sites (tertiary alicyclic amines) is 1. The van der Waals surface area contributed by atoms with Crippen molar-refractivity contribution < 1.29 is 33.3 Å². The number of hydrogen-bond donors (Lipinski definition) is 1. The van der Waals surface area contributed by atoms with E-state index in [4.69, 9.17) is 18.9 Å². The molecule has 0 saturated carbocycles. The summed E-state index contributed by atoms with van der Waals surface area (Å²) in [5.41, 5.74) is -0.186. The van der Waals surface area contributed by atoms with Crippen LogP contribution in [0.1, 0.15) is 66.4 Å². The van der Waals surface area contributed by atoms with Gasteiger partial charge in [0.05, 0.1) is 19.8 Å². The Morgan fingerprint density at radius 2 is 1.68 bits per heavy atom. The number of ether oxygens (including phenoxy) is 4. The van der Waals surface area contributed by atoms with Crippen LogP contribution in [-0.2, 0) is 35.1 Å². The molecule has 0 aliphatic carbocycles. The minimum atomic E-state index is -0.894. The predicted octanol–water partition coefficient (Wildman–Crippen LogP) is 4.08. The molecule has 0 aromatic heterocycles. The van der Waals surface area contributed by atoms with Gasteiger partial charge in [-0.1, -0.05) is 51.1 Å². The number of unbranched alkanes of at least 4 members (excludes halogenated alkanes) is 1. The number of hydrogen-bond acceptors (Lipinski definition) is 7. The Morgan fingerprint density at radius 1 is 1.03 bits per heavy atom. The van der Waals surface area contributed by atoms with Crippen molar-refractivity contribution in [1.82, 2.24) is 10.2 Å². The van der Waals surface area contributed by atoms with Crippen LogP contribution in [0.25, 0.3) is 0 Å². The van der Waals surface area contributed by atoms with Crippen molar-refractivity contribution in [3.05, 3.63) is 35.9 Å². The Morgan fingerprint density at radius 3 is 2.27 bits per heavy atom. The third kappa shape index (κ3) is 10.3. The van der Waals surface area contributed by atoms with Crippen LogP contribution >= 0.6 is 0 Å². The van der Waals surface area contributed by atoms with Gasteiger partial charge in [0.15, 0.2) is 0 Å². The molecule has 0 spiro atoms. The molecule has 0 unspecified atom stereocenters. The lowest BCUT2D eigenvalue weighted by Gasteiger charge is -2.35. The summed E-state index contributed by atoms with van der Waals surface area (Å²) in [5.74, 6) is -0.868. The summed E-state index contributed by atoms with van der Waals surface area (Å²) in [4.78, 5) is 40.1. The van der Waals surface area contributed by atoms with Crippen molar-refractivity contribution in [3.8, 4) is 0 Å². The number of benzene rings is 1. The molecule has 1 aliphatic heterocycles. The summed E-state index contributed by atoms with van der Waals surface area (Å²) >= 11 is 0. The van der Waals surface area contributed by atoms with Crippen molar-refractivity contribution in [3.63, 3.8) is 0 Å². The van der Waals surface area contributed by atoms with Gasteiger partial charge in [-0.25, -0.2) is 9.59 Å². The first-order valence-electron chi connectivity index (χ1n) is 12.9. The van der Waals surface area contributed by atoms with Gasteiger partial charge in [0.1, 0.15) is 17.7 Å². The van der Waals surface area contributed by atoms with Gasteiger partial charge in [-0.2, -0.15) is 0 Å². The first-order valence-corrected chi connectivity index (χ1v) is 12.9. The van der Waals surface area contributed by atoms with Crippen LogP contribution in [0.4, 0.5) is 4.79 Å². The zero-order valence-corrected chi connectivity index (χ0v) is 23.4. The van der Waals surface area contributed by atoms with Crippen LogP contribution in [-0.4, -0.2) is 73.5 Å². The second-order valence-electron chi connectivity index (χ2n) is 11.4. The normalized spacial score (nSPS) is 18.8. The molecule has 0 bridgehead atoms. The summed E-state index contributed by atoms with van der Waals surface area (Å²) < 4.78 is 22.1. The molecule has 2 rings (SSSR count). The summed E-state index contributed by atoms with van der Waals surface area (Å²) in [5, 5.41) is 2.71. The first kappa shape index (κ1) is 30.6. The third-order valence-electron chi connectivity index (χ3n) is 5.94. The van der Waals surface area contributed by atoms with Crippen LogP contribution in [0.3, 0.4) is 0 Å². The van der Waals surface area contributed by atoms with Crippen molar-refractivity contribution >= 4 is 18.0 Å². The minimum absolute atomic E-state index is 0.242. The maximum Gasteiger partial charge on any atom is 0.408 e. The molecule has 1 fully saturated rings. The van der Waals surface area contributed by atoms with E-state index in [2.05, 4.69) is 5.32 Å². The van der Waals surface area contributed by atoms with Crippen LogP contribution in [0, 0.1) is 5.41 Å². The van der Waals surface area contributed by atoms with Crippen LogP contribution < -0.4 is 5.32 Å². The summed E-state index contributed by atoms with van der Waals surface area (Å²) in [7, 11) is 1.30. The van der Waals surface area contributed by atoms with Gasteiger partial charge in [0.2, 0.25) is 5.91 Å². The minimum Gasteiger partial charge on any atom is -0.467 e. The molecule has 9 heteroatoms. The zero-order valence-electron chi connectivity index (χ0n) is 23.4. The molecule has 2 amide bonds. The second-order valence-corrected chi connectivity index (χ2v) is 11.4. The highest BCUT2D eigenvalue weighted by Gasteiger charge is 2.46. The van der Waals surface area contributed by atoms with E-state index in [-0.39, 0.29) is 18.6 Å². The van der Waals surface area contributed by atoms with E-state index < -0.39 is 35.2 Å². The zero-order chi connectivity index (χ0) is 27.6. The molecule has 1 aromatic rings. The van der Waals surface area contributed by atoms with Crippen molar-refractivity contribution in [2.45, 2.75) is 91.2 Å². The van der Waals surface area contributed by atoms with E-state index in [1.54, 1.807) is 20.8 Å². The number of carbonyl (C=O) groups excluding carboxylic acids is 3. The summed E-state index contributed by atoms with van der Waals surface area (Å²) in [6.07, 6.45) is 0.991. The Balaban J connectivity index is 1.91. The Bertz CT molecular complexity index is 877. The lowest BCUT2D eigenvalue weighted by atomic mass is 9.85. The van der Waals surface area contributed by atoms with Crippen molar-refractivity contribution in [2.24, 2.45) is 5.41 Å². The molecular weight excluding hydrogens is 476 g/mol. The topological polar surface area (TPSA) is 103 Å². The molecule has 208 valence electrons. The average molecular weight is 521 g/mol. The molecule has 1 saturated heterocycles. The van der Waals surface area contributed by atoms with E-state index >= 15 is 0 Å². The smallest absolute Gasteiger partial charge is 0.408 e. The number of methoxy groups -OCH3 is 1. The molecule has 1 heterocycles. The summed E-state index contributed by atoms with van der Waals surface area (Å²) in [6, 6.07) is 8.34. The van der Waals surface area contributed by atoms with E-state index in [0.717, 1.165) is 18.4 Å². The van der Waals surface area contributed by atoms with Gasteiger partial charge in [-0.15, -0.1) is 0 Å². The van der Waals surface area contributed by atoms with Crippen LogP contribution in [0.5, 0.6) is 0 Å². The molecule has 1 aromatic carbocycles. The molecule has 3 atom stereocenters. The highest BCUT2D eigenvalue weighted by Crippen LogP contribution is 2.28. The number of nitrogens with zero attached hydrogens (tertiary/aromatic N) is 1. The molecule has 0 radical (unpaired) electrons. The van der Waals surface area contributed by atoms with Crippen molar-refractivity contribution in [1.29, 1.82) is 0 Å². The van der Waals surface area contributed by atoms with Crippen LogP contribution in [0.2, 0.25) is 0 Å². The van der Waals surface area contributed by atoms with Gasteiger partial charge in [0.25, 0.3) is 0 Å². The quantitative estimate of drug-likeness (QED) is 0.346. The Labute approximate surface area is 221 Å². The Hall–Kier alpha value is -2.65. The number of alkyl carbamates (subject to hydrolysis) is 1. The van der Waals surface area contributed by atoms with Gasteiger partial charge in [0, 0.05) is 26.2 Å². The van der Waals surface area contributed by atoms with E-state index in [0.29, 0.717) is 26.2 Å². The Kier molecular flexibility index (Phi) is 11.4. The van der Waals surface area contributed by atoms with Crippen molar-refractivity contribution in [2.75, 3.05) is 26.9 Å². The highest BCUT2D eigenvalue weighted by molar-refractivity contribution is 5.91. The number of amides is 2. The fraction of sp³-hybridized carbons (Fsp3) is 0.679. The molecular formula is C28H44N2O7. The number of nitrogens with one attached hydrogen (secondary N) is 1. The number of esters is 1. The second kappa shape index (κ2) is 13.8. The number of rotatable bonds is 11. The monoisotopic (exact) mass is 520 g/mol. The van der Waals surface area contributed by atoms with E-state index in [1.807, 2.05) is 51.1 Å². The SMILES string of the molecule is COC(=O)[C@@H]1C[C@@H](OCCCCOCc2ccccc2)CN1C(=O)[C@@H](NC(=O)OC(C)(C)C)C(C)(C)C. The molecule has 1 aliphatic rings. The average Bonchev–Trinajstić information content (AvgIpc) is 3.24. The molecule has 37 heavy (non-hydrogen) atoms. The molecule has 1 N–H and O–H groups in total. The molecule has 9 nitrogen and oxygen atoms in total. The summed E-state index contributed by atoms with van der Waals surface area (Å²) in [6.45, 7) is 12.8. The fourth-order valence-electron chi connectivity index (χ4n) is 4.08. The number of carbonyl (C=O) groups is 3. The maximum absolute atomic E-state index is 13.6. The van der Waals surface area contributed by atoms with Gasteiger partial charge in [-0.3, -0.25) is 4.79 Å². The maximum atomic E-state index is 13.6. The van der Waals surface area contributed by atoms with Gasteiger partial charge < -0.3 is 29.2 Å². The largest absolute Gasteiger partial charge is 0.467 e. The lowest BCUT2D eigenvalue weighted by molar-refractivity contribution is -0.152. The highest BCUT2D eigenvalue weighted by atomic mass is 16.6. The lowest BCUT2D eigenvalue weighted by Crippen LogP contribution is -2.57. The van der Waals surface area contributed by atoms with E-state index in [1.165, 1.54) is 12.0 Å². The van der Waals surface area contributed by atoms with Gasteiger partial charge in [-0.05, 0) is 44.6 Å². The third-order valence-corrected chi connectivity index (χ3v) is 5.94. The predicted molar refractivity (Wildman–Crippen MR) is 140 cm³/mol. The van der Waals surface area contributed by atoms with Gasteiger partial charge >= 0.3 is 12.1 Å². The van der Waals surface area contributed by atoms with Crippen LogP contribution in [0.15, 0.2) is 30.3 Å². The fourth-order valence-corrected chi connectivity index (χ4v) is 4.08.